The number of hydrogen-bond donors (Lipinski definition) is 1. The van der Waals surface area contributed by atoms with Gasteiger partial charge in [-0.3, -0.25) is 0 Å². The highest BCUT2D eigenvalue weighted by Gasteiger charge is 2.30. The van der Waals surface area contributed by atoms with E-state index in [0.717, 1.165) is 18.4 Å². The van der Waals surface area contributed by atoms with E-state index in [1.54, 1.807) is 13.0 Å². The van der Waals surface area contributed by atoms with Crippen molar-refractivity contribution >= 4 is 24.0 Å². The monoisotopic (exact) mass is 279 g/mol. The van der Waals surface area contributed by atoms with Crippen LogP contribution < -0.4 is 10.5 Å². The Morgan fingerprint density at radius 3 is 2.65 bits per heavy atom. The first-order valence-corrected chi connectivity index (χ1v) is 5.88. The SMILES string of the molecule is CCOc1c(F)cc([C@@H](N)C2CC2)cc1Cl.Cl. The molecule has 1 atom stereocenters. The number of nitrogens with two attached hydrogens (primary N) is 1. The fraction of sp³-hybridized carbons (Fsp3) is 0.500. The number of benzene rings is 1. The van der Waals surface area contributed by atoms with Gasteiger partial charge in [-0.25, -0.2) is 4.39 Å². The first kappa shape index (κ1) is 14.6. The van der Waals surface area contributed by atoms with Gasteiger partial charge in [0.05, 0.1) is 11.6 Å². The summed E-state index contributed by atoms with van der Waals surface area (Å²) in [6.07, 6.45) is 2.24. The van der Waals surface area contributed by atoms with Crippen molar-refractivity contribution in [1.29, 1.82) is 0 Å². The summed E-state index contributed by atoms with van der Waals surface area (Å²) < 4.78 is 18.8. The van der Waals surface area contributed by atoms with Gasteiger partial charge in [-0.15, -0.1) is 12.4 Å². The predicted molar refractivity (Wildman–Crippen MR) is 69.5 cm³/mol. The average Bonchev–Trinajstić information content (AvgIpc) is 3.05. The largest absolute Gasteiger partial charge is 0.489 e. The van der Waals surface area contributed by atoms with Gasteiger partial charge in [0.25, 0.3) is 0 Å². The van der Waals surface area contributed by atoms with Gasteiger partial charge in [0, 0.05) is 6.04 Å². The Bertz CT molecular complexity index is 373. The number of hydrogen-bond acceptors (Lipinski definition) is 2. The molecule has 1 aromatic carbocycles. The molecular formula is C12H16Cl2FNO. The van der Waals surface area contributed by atoms with Gasteiger partial charge in [-0.1, -0.05) is 11.6 Å². The highest BCUT2D eigenvalue weighted by molar-refractivity contribution is 6.32. The Morgan fingerprint density at radius 2 is 2.18 bits per heavy atom. The van der Waals surface area contributed by atoms with Crippen molar-refractivity contribution in [2.24, 2.45) is 11.7 Å². The average molecular weight is 280 g/mol. The second-order valence-corrected chi connectivity index (χ2v) is 4.52. The summed E-state index contributed by atoms with van der Waals surface area (Å²) in [4.78, 5) is 0. The van der Waals surface area contributed by atoms with E-state index in [2.05, 4.69) is 0 Å². The second kappa shape index (κ2) is 5.89. The summed E-state index contributed by atoms with van der Waals surface area (Å²) in [5.41, 5.74) is 6.75. The molecular weight excluding hydrogens is 264 g/mol. The standard InChI is InChI=1S/C12H15ClFNO.ClH/c1-2-16-12-9(13)5-8(6-10(12)14)11(15)7-3-4-7;/h5-7,11H,2-4,15H2,1H3;1H/t11-;/m0./s1. The molecule has 0 amide bonds. The first-order valence-electron chi connectivity index (χ1n) is 5.50. The molecule has 2 nitrogen and oxygen atoms in total. The van der Waals surface area contributed by atoms with Gasteiger partial charge in [-0.05, 0) is 43.4 Å². The molecule has 0 heterocycles. The van der Waals surface area contributed by atoms with Gasteiger partial charge < -0.3 is 10.5 Å². The van der Waals surface area contributed by atoms with Crippen molar-refractivity contribution in [3.8, 4) is 5.75 Å². The highest BCUT2D eigenvalue weighted by atomic mass is 35.5. The molecule has 1 aliphatic rings. The van der Waals surface area contributed by atoms with E-state index in [-0.39, 0.29) is 24.2 Å². The molecule has 2 rings (SSSR count). The fourth-order valence-corrected chi connectivity index (χ4v) is 2.05. The molecule has 0 unspecified atom stereocenters. The van der Waals surface area contributed by atoms with Crippen LogP contribution in [0.2, 0.25) is 5.02 Å². The van der Waals surface area contributed by atoms with E-state index in [1.165, 1.54) is 6.07 Å². The van der Waals surface area contributed by atoms with Crippen molar-refractivity contribution in [1.82, 2.24) is 0 Å². The lowest BCUT2D eigenvalue weighted by molar-refractivity contribution is 0.321. The zero-order valence-corrected chi connectivity index (χ0v) is 11.2. The minimum Gasteiger partial charge on any atom is -0.489 e. The van der Waals surface area contributed by atoms with Crippen LogP contribution in [0.15, 0.2) is 12.1 Å². The van der Waals surface area contributed by atoms with Crippen LogP contribution in [0.25, 0.3) is 0 Å². The maximum atomic E-state index is 13.7. The van der Waals surface area contributed by atoms with E-state index < -0.39 is 5.82 Å². The Morgan fingerprint density at radius 1 is 1.53 bits per heavy atom. The Kier molecular flexibility index (Phi) is 5.04. The number of ether oxygens (including phenoxy) is 1. The summed E-state index contributed by atoms with van der Waals surface area (Å²) in [7, 11) is 0. The van der Waals surface area contributed by atoms with Crippen LogP contribution in [0.1, 0.15) is 31.4 Å². The molecule has 0 aromatic heterocycles. The molecule has 1 aliphatic carbocycles. The normalized spacial score (nSPS) is 16.2. The van der Waals surface area contributed by atoms with Gasteiger partial charge in [0.15, 0.2) is 11.6 Å². The summed E-state index contributed by atoms with van der Waals surface area (Å²) in [6, 6.07) is 3.03. The zero-order valence-electron chi connectivity index (χ0n) is 9.58. The molecule has 0 bridgehead atoms. The fourth-order valence-electron chi connectivity index (χ4n) is 1.78. The van der Waals surface area contributed by atoms with Crippen LogP contribution in [0.3, 0.4) is 0 Å². The zero-order chi connectivity index (χ0) is 11.7. The van der Waals surface area contributed by atoms with Crippen LogP contribution in [0, 0.1) is 11.7 Å². The molecule has 0 radical (unpaired) electrons. The van der Waals surface area contributed by atoms with Crippen molar-refractivity contribution in [3.05, 3.63) is 28.5 Å². The van der Waals surface area contributed by atoms with Gasteiger partial charge in [0.1, 0.15) is 0 Å². The third kappa shape index (κ3) is 3.24. The first-order chi connectivity index (χ1) is 7.63. The second-order valence-electron chi connectivity index (χ2n) is 4.11. The van der Waals surface area contributed by atoms with Gasteiger partial charge in [0.2, 0.25) is 0 Å². The van der Waals surface area contributed by atoms with E-state index in [1.807, 2.05) is 0 Å². The summed E-state index contributed by atoms with van der Waals surface area (Å²) in [5.74, 6) is 0.171. The van der Waals surface area contributed by atoms with Crippen LogP contribution in [0.4, 0.5) is 4.39 Å². The lowest BCUT2D eigenvalue weighted by atomic mass is 10.0. The topological polar surface area (TPSA) is 35.2 Å². The smallest absolute Gasteiger partial charge is 0.173 e. The number of rotatable bonds is 4. The molecule has 0 spiro atoms. The third-order valence-corrected chi connectivity index (χ3v) is 3.10. The Balaban J connectivity index is 0.00000144. The van der Waals surface area contributed by atoms with Gasteiger partial charge >= 0.3 is 0 Å². The highest BCUT2D eigenvalue weighted by Crippen LogP contribution is 2.41. The maximum absolute atomic E-state index is 13.7. The third-order valence-electron chi connectivity index (χ3n) is 2.82. The van der Waals surface area contributed by atoms with Gasteiger partial charge in [-0.2, -0.15) is 0 Å². The van der Waals surface area contributed by atoms with E-state index in [0.29, 0.717) is 17.5 Å². The lowest BCUT2D eigenvalue weighted by Gasteiger charge is -2.14. The predicted octanol–water partition coefficient (Wildman–Crippen LogP) is 3.71. The molecule has 2 N–H and O–H groups in total. The van der Waals surface area contributed by atoms with Crippen LogP contribution >= 0.6 is 24.0 Å². The van der Waals surface area contributed by atoms with Crippen molar-refractivity contribution < 1.29 is 9.13 Å². The molecule has 1 fully saturated rings. The summed E-state index contributed by atoms with van der Waals surface area (Å²) >= 11 is 5.96. The van der Waals surface area contributed by atoms with E-state index >= 15 is 0 Å². The van der Waals surface area contributed by atoms with Crippen LogP contribution in [0.5, 0.6) is 5.75 Å². The lowest BCUT2D eigenvalue weighted by Crippen LogP contribution is -2.13. The van der Waals surface area contributed by atoms with E-state index in [4.69, 9.17) is 22.1 Å². The molecule has 17 heavy (non-hydrogen) atoms. The molecule has 5 heteroatoms. The van der Waals surface area contributed by atoms with Crippen LogP contribution in [-0.2, 0) is 0 Å². The summed E-state index contributed by atoms with van der Waals surface area (Å²) in [5, 5.41) is 0.299. The summed E-state index contributed by atoms with van der Waals surface area (Å²) in [6.45, 7) is 2.18. The van der Waals surface area contributed by atoms with Crippen molar-refractivity contribution in [3.63, 3.8) is 0 Å². The maximum Gasteiger partial charge on any atom is 0.173 e. The molecule has 0 saturated heterocycles. The van der Waals surface area contributed by atoms with Crippen molar-refractivity contribution in [2.75, 3.05) is 6.61 Å². The molecule has 1 saturated carbocycles. The molecule has 1 aromatic rings. The quantitative estimate of drug-likeness (QED) is 0.912. The minimum atomic E-state index is -0.430. The Hall–Kier alpha value is -0.510. The van der Waals surface area contributed by atoms with Crippen molar-refractivity contribution in [2.45, 2.75) is 25.8 Å². The number of halogens is 3. The minimum absolute atomic E-state index is 0. The molecule has 0 aliphatic heterocycles. The van der Waals surface area contributed by atoms with E-state index in [9.17, 15) is 4.39 Å². The Labute approximate surface area is 112 Å². The van der Waals surface area contributed by atoms with Crippen LogP contribution in [-0.4, -0.2) is 6.61 Å². The molecule has 96 valence electrons.